The normalized spacial score (nSPS) is 17.7. The van der Waals surface area contributed by atoms with Gasteiger partial charge in [-0.2, -0.15) is 14.9 Å². The second kappa shape index (κ2) is 8.98. The summed E-state index contributed by atoms with van der Waals surface area (Å²) < 4.78 is 1.71. The number of piperazine rings is 1. The first kappa shape index (κ1) is 22.1. The molecule has 1 saturated heterocycles. The highest BCUT2D eigenvalue weighted by molar-refractivity contribution is 5.58. The molecule has 0 unspecified atom stereocenters. The molecule has 2 aliphatic rings. The van der Waals surface area contributed by atoms with Crippen LogP contribution < -0.4 is 21.3 Å². The summed E-state index contributed by atoms with van der Waals surface area (Å²) in [5.74, 6) is 0.591. The second-order valence-corrected chi connectivity index (χ2v) is 9.19. The number of rotatable bonds is 5. The molecule has 0 amide bonds. The first-order valence-corrected chi connectivity index (χ1v) is 12.0. The predicted molar refractivity (Wildman–Crippen MR) is 132 cm³/mol. The first-order valence-electron chi connectivity index (χ1n) is 12.0. The van der Waals surface area contributed by atoms with Crippen molar-refractivity contribution in [2.75, 3.05) is 31.1 Å². The monoisotopic (exact) mass is 483 g/mol. The van der Waals surface area contributed by atoms with Gasteiger partial charge in [0.15, 0.2) is 11.1 Å². The lowest BCUT2D eigenvalue weighted by molar-refractivity contribution is 0.249. The first-order chi connectivity index (χ1) is 17.6. The van der Waals surface area contributed by atoms with Gasteiger partial charge in [-0.25, -0.2) is 9.78 Å². The van der Waals surface area contributed by atoms with Crippen LogP contribution in [0.1, 0.15) is 29.7 Å². The number of H-pyrrole nitrogens is 2. The van der Waals surface area contributed by atoms with Crippen LogP contribution in [0.25, 0.3) is 11.7 Å². The molecule has 0 radical (unpaired) electrons. The van der Waals surface area contributed by atoms with Crippen LogP contribution in [-0.2, 0) is 6.54 Å². The molecule has 0 bridgehead atoms. The van der Waals surface area contributed by atoms with Crippen LogP contribution in [0, 0.1) is 11.3 Å². The number of imidazole rings is 1. The zero-order valence-corrected chi connectivity index (χ0v) is 19.6. The molecule has 4 aromatic rings. The van der Waals surface area contributed by atoms with Gasteiger partial charge in [0.1, 0.15) is 11.5 Å². The number of nitrogens with zero attached hydrogens (tertiary/aromatic N) is 7. The van der Waals surface area contributed by atoms with Crippen LogP contribution in [0.15, 0.2) is 46.3 Å². The molecular formula is C25H25N9O2. The fraction of sp³-hybridized carbons (Fsp3) is 0.320. The lowest BCUT2D eigenvalue weighted by Crippen LogP contribution is -2.46. The average Bonchev–Trinajstić information content (AvgIpc) is 3.52. The summed E-state index contributed by atoms with van der Waals surface area (Å²) in [4.78, 5) is 30.8. The lowest BCUT2D eigenvalue weighted by Gasteiger charge is -2.35. The number of hydrogen-bond acceptors (Lipinski definition) is 8. The van der Waals surface area contributed by atoms with Crippen LogP contribution >= 0.6 is 0 Å². The van der Waals surface area contributed by atoms with Gasteiger partial charge in [0.05, 0.1) is 23.9 Å². The topological polar surface area (TPSA) is 142 Å². The largest absolute Gasteiger partial charge is 0.493 e. The fourth-order valence-corrected chi connectivity index (χ4v) is 4.49. The van der Waals surface area contributed by atoms with E-state index >= 15 is 0 Å². The third-order valence-corrected chi connectivity index (χ3v) is 6.59. The van der Waals surface area contributed by atoms with Crippen molar-refractivity contribution in [2.45, 2.75) is 25.4 Å². The van der Waals surface area contributed by atoms with Crippen molar-refractivity contribution < 1.29 is 5.11 Å². The summed E-state index contributed by atoms with van der Waals surface area (Å²) in [6.45, 7) is 4.02. The van der Waals surface area contributed by atoms with Crippen molar-refractivity contribution >= 4 is 17.5 Å². The zero-order valence-electron chi connectivity index (χ0n) is 19.6. The second-order valence-electron chi connectivity index (χ2n) is 9.19. The summed E-state index contributed by atoms with van der Waals surface area (Å²) in [5, 5.41) is 24.5. The number of nitriles is 1. The highest BCUT2D eigenvalue weighted by Gasteiger charge is 2.23. The Labute approximate surface area is 205 Å². The van der Waals surface area contributed by atoms with Crippen molar-refractivity contribution in [1.82, 2.24) is 29.5 Å². The number of hydrogen-bond donors (Lipinski definition) is 3. The quantitative estimate of drug-likeness (QED) is 0.370. The summed E-state index contributed by atoms with van der Waals surface area (Å²) >= 11 is 0. The van der Waals surface area contributed by atoms with E-state index in [2.05, 4.69) is 30.9 Å². The molecule has 3 N–H and O–H groups in total. The highest BCUT2D eigenvalue weighted by atomic mass is 16.3. The van der Waals surface area contributed by atoms with Crippen molar-refractivity contribution in [1.29, 1.82) is 5.26 Å². The van der Waals surface area contributed by atoms with E-state index in [1.165, 1.54) is 0 Å². The minimum Gasteiger partial charge on any atom is -0.493 e. The maximum atomic E-state index is 11.6. The van der Waals surface area contributed by atoms with E-state index in [1.807, 2.05) is 30.3 Å². The van der Waals surface area contributed by atoms with Gasteiger partial charge >= 0.3 is 5.69 Å². The van der Waals surface area contributed by atoms with Crippen LogP contribution in [0.2, 0.25) is 0 Å². The third-order valence-electron chi connectivity index (χ3n) is 6.59. The fourth-order valence-electron chi connectivity index (χ4n) is 4.49. The third kappa shape index (κ3) is 4.34. The van der Waals surface area contributed by atoms with Gasteiger partial charge in [-0.1, -0.05) is 18.2 Å². The summed E-state index contributed by atoms with van der Waals surface area (Å²) in [6, 6.07) is 12.3. The summed E-state index contributed by atoms with van der Waals surface area (Å²) in [5.41, 5.74) is 2.91. The van der Waals surface area contributed by atoms with Gasteiger partial charge in [-0.15, -0.1) is 0 Å². The predicted octanol–water partition coefficient (Wildman–Crippen LogP) is 0.256. The van der Waals surface area contributed by atoms with Crippen LogP contribution in [0.5, 0.6) is 5.88 Å². The number of fused-ring (bicyclic) bond motifs is 1. The Bertz CT molecular complexity index is 1650. The molecule has 36 heavy (non-hydrogen) atoms. The standard InChI is InChI=1S/C25H25N9O2/c26-13-16-3-1-2-4-17(16)15-32-7-9-33(10-8-32)21-12-22(28-19-5-6-19)34-23(30-21)18(14-27-34)11-20-24(35)31-25(36)29-20/h1-4,11-12,14,19,35H,5-10,15H2,(H2,29,31,36). The SMILES string of the molecule is N#Cc1ccccc1CN1CCN(c2cc(=NC3CC3)n3ncc(=Cc4[nH]c(=O)[nH]c4O)c3n2)CC1. The molecule has 0 spiro atoms. The Balaban J connectivity index is 1.31. The lowest BCUT2D eigenvalue weighted by atomic mass is 10.1. The van der Waals surface area contributed by atoms with Crippen molar-refractivity contribution in [3.8, 4) is 11.9 Å². The minimum absolute atomic E-state index is 0.229. The van der Waals surface area contributed by atoms with Crippen LogP contribution in [0.4, 0.5) is 5.82 Å². The Morgan fingerprint density at radius 3 is 2.72 bits per heavy atom. The molecule has 6 rings (SSSR count). The maximum absolute atomic E-state index is 11.6. The number of aromatic amines is 2. The molecule has 1 aliphatic heterocycles. The van der Waals surface area contributed by atoms with Gasteiger partial charge in [-0.3, -0.25) is 14.9 Å². The van der Waals surface area contributed by atoms with Gasteiger partial charge in [0, 0.05) is 44.0 Å². The molecule has 0 atom stereocenters. The number of nitrogens with one attached hydrogen (secondary N) is 2. The number of aromatic hydroxyl groups is 1. The smallest absolute Gasteiger partial charge is 0.326 e. The maximum Gasteiger partial charge on any atom is 0.326 e. The molecule has 182 valence electrons. The van der Waals surface area contributed by atoms with E-state index in [0.29, 0.717) is 16.9 Å². The van der Waals surface area contributed by atoms with Gasteiger partial charge in [-0.05, 0) is 30.5 Å². The summed E-state index contributed by atoms with van der Waals surface area (Å²) in [7, 11) is 0. The average molecular weight is 484 g/mol. The molecule has 4 heterocycles. The van der Waals surface area contributed by atoms with E-state index in [-0.39, 0.29) is 11.6 Å². The van der Waals surface area contributed by atoms with Crippen molar-refractivity contribution in [3.05, 3.63) is 74.5 Å². The van der Waals surface area contributed by atoms with E-state index in [9.17, 15) is 15.2 Å². The molecule has 1 aliphatic carbocycles. The van der Waals surface area contributed by atoms with E-state index in [0.717, 1.165) is 68.0 Å². The molecule has 1 aromatic carbocycles. The van der Waals surface area contributed by atoms with Gasteiger partial charge < -0.3 is 15.0 Å². The van der Waals surface area contributed by atoms with E-state index in [4.69, 9.17) is 9.98 Å². The Hall–Kier alpha value is -4.43. The Morgan fingerprint density at radius 1 is 1.19 bits per heavy atom. The van der Waals surface area contributed by atoms with Crippen molar-refractivity contribution in [3.63, 3.8) is 0 Å². The minimum atomic E-state index is -0.483. The molecule has 1 saturated carbocycles. The Kier molecular flexibility index (Phi) is 5.50. The molecule has 11 nitrogen and oxygen atoms in total. The van der Waals surface area contributed by atoms with Gasteiger partial charge in [0.25, 0.3) is 0 Å². The Morgan fingerprint density at radius 2 is 2.00 bits per heavy atom. The molecule has 3 aromatic heterocycles. The number of benzene rings is 1. The van der Waals surface area contributed by atoms with Gasteiger partial charge in [0.2, 0.25) is 5.88 Å². The van der Waals surface area contributed by atoms with E-state index < -0.39 is 5.69 Å². The molecule has 11 heteroatoms. The highest BCUT2D eigenvalue weighted by Crippen LogP contribution is 2.23. The van der Waals surface area contributed by atoms with E-state index in [1.54, 1.807) is 16.8 Å². The van der Waals surface area contributed by atoms with Crippen LogP contribution in [-0.4, -0.2) is 66.8 Å². The number of aromatic nitrogens is 5. The van der Waals surface area contributed by atoms with Crippen molar-refractivity contribution in [2.24, 2.45) is 4.99 Å². The number of anilines is 1. The van der Waals surface area contributed by atoms with Crippen LogP contribution in [0.3, 0.4) is 0 Å². The zero-order chi connectivity index (χ0) is 24.6. The molecule has 2 fully saturated rings. The molecular weight excluding hydrogens is 458 g/mol. The summed E-state index contributed by atoms with van der Waals surface area (Å²) in [6.07, 6.45) is 5.45.